The highest BCUT2D eigenvalue weighted by atomic mass is 79.9. The van der Waals surface area contributed by atoms with Gasteiger partial charge in [-0.25, -0.2) is 5.01 Å². The summed E-state index contributed by atoms with van der Waals surface area (Å²) in [7, 11) is 1.65. The minimum atomic E-state index is -0.181. The number of carbonyl (C=O) groups is 1. The molecule has 0 fully saturated rings. The molecule has 1 amide bonds. The van der Waals surface area contributed by atoms with Crippen LogP contribution >= 0.6 is 15.9 Å². The van der Waals surface area contributed by atoms with Crippen LogP contribution in [0.15, 0.2) is 82.4 Å². The number of hydrazone groups is 1. The lowest BCUT2D eigenvalue weighted by Gasteiger charge is -2.20. The maximum atomic E-state index is 12.6. The molecule has 170 valence electrons. The summed E-state index contributed by atoms with van der Waals surface area (Å²) >= 11 is 3.63. The number of fused-ring (bicyclic) bond motifs is 1. The van der Waals surface area contributed by atoms with Gasteiger partial charge in [0.2, 0.25) is 5.91 Å². The zero-order valence-electron chi connectivity index (χ0n) is 19.2. The van der Waals surface area contributed by atoms with Crippen LogP contribution in [-0.4, -0.2) is 28.7 Å². The lowest BCUT2D eigenvalue weighted by atomic mass is 9.89. The number of aryl methyl sites for hydroxylation is 1. The average molecular weight is 514 g/mol. The monoisotopic (exact) mass is 513 g/mol. The molecule has 1 aliphatic heterocycles. The average Bonchev–Trinajstić information content (AvgIpc) is 3.29. The fourth-order valence-corrected chi connectivity index (χ4v) is 5.01. The number of hydrogen-bond donors (Lipinski definition) is 0. The molecule has 1 atom stereocenters. The molecule has 0 radical (unpaired) electrons. The summed E-state index contributed by atoms with van der Waals surface area (Å²) in [4.78, 5) is 17.5. The summed E-state index contributed by atoms with van der Waals surface area (Å²) in [6.45, 7) is 3.58. The van der Waals surface area contributed by atoms with Crippen LogP contribution < -0.4 is 4.74 Å². The first-order valence-corrected chi connectivity index (χ1v) is 11.9. The molecule has 34 heavy (non-hydrogen) atoms. The van der Waals surface area contributed by atoms with Crippen LogP contribution in [0, 0.1) is 6.92 Å². The number of amides is 1. The number of halogens is 1. The molecule has 0 aliphatic carbocycles. The minimum Gasteiger partial charge on any atom is -0.497 e. The van der Waals surface area contributed by atoms with E-state index in [9.17, 15) is 4.79 Å². The third-order valence-electron chi connectivity index (χ3n) is 6.21. The van der Waals surface area contributed by atoms with Gasteiger partial charge in [-0.1, -0.05) is 58.4 Å². The number of benzene rings is 3. The summed E-state index contributed by atoms with van der Waals surface area (Å²) in [5, 5.41) is 7.49. The number of rotatable bonds is 4. The van der Waals surface area contributed by atoms with Crippen LogP contribution in [0.2, 0.25) is 0 Å². The Hall–Kier alpha value is -3.51. The van der Waals surface area contributed by atoms with Gasteiger partial charge in [0.05, 0.1) is 24.4 Å². The second-order valence-corrected chi connectivity index (χ2v) is 9.29. The predicted octanol–water partition coefficient (Wildman–Crippen LogP) is 6.68. The molecule has 0 saturated heterocycles. The number of pyridine rings is 1. The molecule has 6 heteroatoms. The van der Waals surface area contributed by atoms with Gasteiger partial charge in [-0.15, -0.1) is 0 Å². The SMILES string of the molecule is COc1ccc(C2CC(c3c(C)nc4ccc(Br)cc4c3-c3ccccc3)=NN2C(C)=O)cc1. The van der Waals surface area contributed by atoms with Gasteiger partial charge < -0.3 is 4.74 Å². The molecule has 1 aromatic heterocycles. The molecule has 3 aromatic carbocycles. The Morgan fingerprint density at radius 1 is 1.03 bits per heavy atom. The first-order valence-electron chi connectivity index (χ1n) is 11.1. The Morgan fingerprint density at radius 3 is 2.44 bits per heavy atom. The molecular formula is C28H24BrN3O2. The highest BCUT2D eigenvalue weighted by molar-refractivity contribution is 9.10. The Morgan fingerprint density at radius 2 is 1.76 bits per heavy atom. The summed E-state index contributed by atoms with van der Waals surface area (Å²) < 4.78 is 6.30. The quantitative estimate of drug-likeness (QED) is 0.305. The molecule has 1 unspecified atom stereocenters. The molecule has 0 bridgehead atoms. The summed E-state index contributed by atoms with van der Waals surface area (Å²) in [6.07, 6.45) is 0.605. The van der Waals surface area contributed by atoms with Crippen molar-refractivity contribution >= 4 is 38.5 Å². The van der Waals surface area contributed by atoms with E-state index in [2.05, 4.69) is 34.1 Å². The van der Waals surface area contributed by atoms with E-state index in [4.69, 9.17) is 14.8 Å². The third-order valence-corrected chi connectivity index (χ3v) is 6.71. The van der Waals surface area contributed by atoms with Gasteiger partial charge in [-0.3, -0.25) is 9.78 Å². The van der Waals surface area contributed by atoms with Crippen molar-refractivity contribution < 1.29 is 9.53 Å². The first-order chi connectivity index (χ1) is 16.5. The second kappa shape index (κ2) is 9.03. The van der Waals surface area contributed by atoms with Gasteiger partial charge in [0.25, 0.3) is 0 Å². The zero-order chi connectivity index (χ0) is 23.8. The maximum Gasteiger partial charge on any atom is 0.240 e. The normalized spacial score (nSPS) is 15.5. The van der Waals surface area contributed by atoms with Gasteiger partial charge >= 0.3 is 0 Å². The summed E-state index contributed by atoms with van der Waals surface area (Å²) in [5.41, 5.74) is 6.87. The maximum absolute atomic E-state index is 12.6. The van der Waals surface area contributed by atoms with Crippen LogP contribution in [0.1, 0.15) is 36.2 Å². The number of methoxy groups -OCH3 is 1. The Balaban J connectivity index is 1.70. The van der Waals surface area contributed by atoms with E-state index in [0.717, 1.165) is 54.8 Å². The molecule has 1 aliphatic rings. The van der Waals surface area contributed by atoms with Crippen molar-refractivity contribution in [2.24, 2.45) is 5.10 Å². The molecule has 4 aromatic rings. The highest BCUT2D eigenvalue weighted by Crippen LogP contribution is 2.40. The molecule has 0 spiro atoms. The Kier molecular flexibility index (Phi) is 5.92. The highest BCUT2D eigenvalue weighted by Gasteiger charge is 2.33. The van der Waals surface area contributed by atoms with Crippen LogP contribution in [0.25, 0.3) is 22.0 Å². The van der Waals surface area contributed by atoms with E-state index < -0.39 is 0 Å². The van der Waals surface area contributed by atoms with E-state index in [1.54, 1.807) is 19.0 Å². The number of nitrogens with zero attached hydrogens (tertiary/aromatic N) is 3. The van der Waals surface area contributed by atoms with Crippen molar-refractivity contribution in [2.75, 3.05) is 7.11 Å². The van der Waals surface area contributed by atoms with Crippen molar-refractivity contribution in [2.45, 2.75) is 26.3 Å². The van der Waals surface area contributed by atoms with Crippen molar-refractivity contribution in [3.8, 4) is 16.9 Å². The molecule has 0 saturated carbocycles. The van der Waals surface area contributed by atoms with Crippen LogP contribution in [0.3, 0.4) is 0 Å². The van der Waals surface area contributed by atoms with Crippen LogP contribution in [0.5, 0.6) is 5.75 Å². The lowest BCUT2D eigenvalue weighted by molar-refractivity contribution is -0.130. The topological polar surface area (TPSA) is 54.8 Å². The van der Waals surface area contributed by atoms with Crippen LogP contribution in [0.4, 0.5) is 0 Å². The Labute approximate surface area is 207 Å². The molecular weight excluding hydrogens is 490 g/mol. The fraction of sp³-hybridized carbons (Fsp3) is 0.179. The molecule has 2 heterocycles. The number of hydrogen-bond acceptors (Lipinski definition) is 4. The van der Waals surface area contributed by atoms with Gasteiger partial charge in [0.15, 0.2) is 0 Å². The number of carbonyl (C=O) groups excluding carboxylic acids is 1. The third kappa shape index (κ3) is 3.99. The van der Waals surface area contributed by atoms with Crippen molar-refractivity contribution in [3.05, 3.63) is 94.1 Å². The zero-order valence-corrected chi connectivity index (χ0v) is 20.8. The largest absolute Gasteiger partial charge is 0.497 e. The molecule has 5 rings (SSSR count). The van der Waals surface area contributed by atoms with E-state index in [1.165, 1.54) is 0 Å². The number of ether oxygens (including phenoxy) is 1. The van der Waals surface area contributed by atoms with Gasteiger partial charge in [-0.2, -0.15) is 5.10 Å². The minimum absolute atomic E-state index is 0.0915. The lowest BCUT2D eigenvalue weighted by Crippen LogP contribution is -2.24. The van der Waals surface area contributed by atoms with Crippen molar-refractivity contribution in [1.29, 1.82) is 0 Å². The van der Waals surface area contributed by atoms with Gasteiger partial charge in [-0.05, 0) is 48.4 Å². The molecule has 0 N–H and O–H groups in total. The van der Waals surface area contributed by atoms with E-state index in [1.807, 2.05) is 61.5 Å². The van der Waals surface area contributed by atoms with Crippen LogP contribution in [-0.2, 0) is 4.79 Å². The van der Waals surface area contributed by atoms with E-state index in [-0.39, 0.29) is 11.9 Å². The summed E-state index contributed by atoms with van der Waals surface area (Å²) in [5.74, 6) is 0.690. The Bertz CT molecular complexity index is 1420. The second-order valence-electron chi connectivity index (χ2n) is 8.38. The van der Waals surface area contributed by atoms with Gasteiger partial charge in [0.1, 0.15) is 5.75 Å². The first kappa shape index (κ1) is 22.3. The smallest absolute Gasteiger partial charge is 0.240 e. The van der Waals surface area contributed by atoms with E-state index >= 15 is 0 Å². The van der Waals surface area contributed by atoms with E-state index in [0.29, 0.717) is 6.42 Å². The van der Waals surface area contributed by atoms with Crippen molar-refractivity contribution in [3.63, 3.8) is 0 Å². The number of aromatic nitrogens is 1. The van der Waals surface area contributed by atoms with Crippen molar-refractivity contribution in [1.82, 2.24) is 9.99 Å². The fourth-order valence-electron chi connectivity index (χ4n) is 4.65. The summed E-state index contributed by atoms with van der Waals surface area (Å²) in [6, 6.07) is 24.1. The van der Waals surface area contributed by atoms with Gasteiger partial charge in [0, 0.05) is 40.0 Å². The predicted molar refractivity (Wildman–Crippen MR) is 139 cm³/mol. The molecule has 5 nitrogen and oxygen atoms in total. The standard InChI is InChI=1S/C28H24BrN3O2/c1-17-27(25-16-26(32(31-25)18(2)33)19-9-12-22(34-3)13-10-19)28(20-7-5-4-6-8-20)23-15-21(29)11-14-24(23)30-17/h4-15,26H,16H2,1-3H3.